The molecule has 5 heteroatoms. The molecule has 0 aromatic carbocycles. The first-order chi connectivity index (χ1) is 6.94. The summed E-state index contributed by atoms with van der Waals surface area (Å²) in [4.78, 5) is 0. The van der Waals surface area contributed by atoms with E-state index in [0.717, 1.165) is 25.1 Å². The molecule has 1 rings (SSSR count). The molecule has 0 aliphatic rings. The van der Waals surface area contributed by atoms with E-state index in [2.05, 4.69) is 5.10 Å². The van der Waals surface area contributed by atoms with Crippen LogP contribution < -0.4 is 5.73 Å². The van der Waals surface area contributed by atoms with Crippen molar-refractivity contribution in [3.05, 3.63) is 16.9 Å². The van der Waals surface area contributed by atoms with Gasteiger partial charge in [0.1, 0.15) is 0 Å². The van der Waals surface area contributed by atoms with Gasteiger partial charge in [-0.2, -0.15) is 5.10 Å². The summed E-state index contributed by atoms with van der Waals surface area (Å²) >= 11 is 5.88. The van der Waals surface area contributed by atoms with Crippen molar-refractivity contribution < 1.29 is 5.11 Å². The van der Waals surface area contributed by atoms with Gasteiger partial charge in [-0.25, -0.2) is 0 Å². The molecule has 1 heterocycles. The maximum Gasteiger partial charge on any atom is 0.0814 e. The second kappa shape index (κ2) is 4.96. The van der Waals surface area contributed by atoms with E-state index in [-0.39, 0.29) is 6.61 Å². The topological polar surface area (TPSA) is 64.1 Å². The fourth-order valence-corrected chi connectivity index (χ4v) is 1.48. The van der Waals surface area contributed by atoms with Crippen molar-refractivity contribution in [1.82, 2.24) is 9.78 Å². The quantitative estimate of drug-likeness (QED) is 0.804. The summed E-state index contributed by atoms with van der Waals surface area (Å²) in [5.74, 6) is 0. The Morgan fingerprint density at radius 1 is 1.67 bits per heavy atom. The maximum absolute atomic E-state index is 8.97. The predicted octanol–water partition coefficient (Wildman–Crippen LogP) is 1.33. The van der Waals surface area contributed by atoms with Crippen LogP contribution in [0.15, 0.2) is 6.20 Å². The first-order valence-electron chi connectivity index (χ1n) is 5.04. The van der Waals surface area contributed by atoms with Gasteiger partial charge in [-0.05, 0) is 26.7 Å². The van der Waals surface area contributed by atoms with E-state index >= 15 is 0 Å². The molecule has 1 unspecified atom stereocenters. The minimum Gasteiger partial charge on any atom is -0.394 e. The summed E-state index contributed by atoms with van der Waals surface area (Å²) < 4.78 is 1.81. The maximum atomic E-state index is 8.97. The van der Waals surface area contributed by atoms with Crippen molar-refractivity contribution >= 4 is 11.6 Å². The summed E-state index contributed by atoms with van der Waals surface area (Å²) in [6, 6.07) is 0. The van der Waals surface area contributed by atoms with Crippen molar-refractivity contribution in [2.24, 2.45) is 5.73 Å². The Labute approximate surface area is 95.0 Å². The first-order valence-corrected chi connectivity index (χ1v) is 5.42. The van der Waals surface area contributed by atoms with E-state index in [1.807, 2.05) is 24.7 Å². The Morgan fingerprint density at radius 2 is 2.33 bits per heavy atom. The highest BCUT2D eigenvalue weighted by Crippen LogP contribution is 2.14. The summed E-state index contributed by atoms with van der Waals surface area (Å²) in [5, 5.41) is 13.9. The molecule has 0 bridgehead atoms. The molecule has 0 spiro atoms. The van der Waals surface area contributed by atoms with Gasteiger partial charge in [0.2, 0.25) is 0 Å². The van der Waals surface area contributed by atoms with Gasteiger partial charge < -0.3 is 10.8 Å². The largest absolute Gasteiger partial charge is 0.394 e. The minimum absolute atomic E-state index is 0.00584. The van der Waals surface area contributed by atoms with Crippen LogP contribution in [0, 0.1) is 6.92 Å². The molecule has 3 N–H and O–H groups in total. The highest BCUT2D eigenvalue weighted by molar-refractivity contribution is 6.31. The van der Waals surface area contributed by atoms with Crippen LogP contribution >= 0.6 is 11.6 Å². The third-order valence-corrected chi connectivity index (χ3v) is 2.75. The summed E-state index contributed by atoms with van der Waals surface area (Å²) in [7, 11) is 0. The average molecular weight is 232 g/mol. The average Bonchev–Trinajstić information content (AvgIpc) is 2.46. The third-order valence-electron chi connectivity index (χ3n) is 2.38. The third kappa shape index (κ3) is 3.81. The molecule has 0 saturated carbocycles. The molecule has 0 radical (unpaired) electrons. The number of hydrogen-bond donors (Lipinski definition) is 2. The summed E-state index contributed by atoms with van der Waals surface area (Å²) in [5.41, 5.74) is 6.16. The van der Waals surface area contributed by atoms with E-state index in [4.69, 9.17) is 22.4 Å². The van der Waals surface area contributed by atoms with Gasteiger partial charge >= 0.3 is 0 Å². The van der Waals surface area contributed by atoms with Gasteiger partial charge in [-0.3, -0.25) is 4.68 Å². The van der Waals surface area contributed by atoms with Gasteiger partial charge in [0, 0.05) is 18.3 Å². The number of aliphatic hydroxyl groups is 1. The number of nitrogens with two attached hydrogens (primary N) is 1. The number of halogens is 1. The Kier molecular flexibility index (Phi) is 4.13. The van der Waals surface area contributed by atoms with Crippen LogP contribution in [-0.2, 0) is 6.54 Å². The van der Waals surface area contributed by atoms with E-state index < -0.39 is 5.54 Å². The Bertz CT molecular complexity index is 303. The lowest BCUT2D eigenvalue weighted by Crippen LogP contribution is -2.40. The lowest BCUT2D eigenvalue weighted by atomic mass is 9.99. The Hall–Kier alpha value is -0.580. The van der Waals surface area contributed by atoms with E-state index in [9.17, 15) is 0 Å². The zero-order valence-corrected chi connectivity index (χ0v) is 9.96. The summed E-state index contributed by atoms with van der Waals surface area (Å²) in [6.45, 7) is 4.50. The molecule has 4 nitrogen and oxygen atoms in total. The Morgan fingerprint density at radius 3 is 2.80 bits per heavy atom. The van der Waals surface area contributed by atoms with E-state index in [1.54, 1.807) is 0 Å². The highest BCUT2D eigenvalue weighted by Gasteiger charge is 2.16. The second-order valence-corrected chi connectivity index (χ2v) is 4.65. The molecular weight excluding hydrogens is 214 g/mol. The molecule has 0 amide bonds. The van der Waals surface area contributed by atoms with Gasteiger partial charge in [-0.15, -0.1) is 0 Å². The standard InChI is InChI=1S/C10H18ClN3O/c1-8-9(11)6-14(13-8)5-3-4-10(2,12)7-15/h6,15H,3-5,7,12H2,1-2H3. The molecule has 0 aliphatic carbocycles. The molecule has 15 heavy (non-hydrogen) atoms. The minimum atomic E-state index is -0.494. The number of nitrogens with zero attached hydrogens (tertiary/aromatic N) is 2. The van der Waals surface area contributed by atoms with Gasteiger partial charge in [-0.1, -0.05) is 11.6 Å². The number of aryl methyl sites for hydroxylation is 2. The van der Waals surface area contributed by atoms with Gasteiger partial charge in [0.05, 0.1) is 17.3 Å². The first kappa shape index (κ1) is 12.5. The zero-order chi connectivity index (χ0) is 11.5. The molecule has 0 fully saturated rings. The number of aliphatic hydroxyl groups excluding tert-OH is 1. The zero-order valence-electron chi connectivity index (χ0n) is 9.20. The van der Waals surface area contributed by atoms with Gasteiger partial charge in [0.25, 0.3) is 0 Å². The molecule has 0 aliphatic heterocycles. The fraction of sp³-hybridized carbons (Fsp3) is 0.700. The molecule has 1 aromatic heterocycles. The van der Waals surface area contributed by atoms with Crippen molar-refractivity contribution in [3.63, 3.8) is 0 Å². The number of hydrogen-bond acceptors (Lipinski definition) is 3. The predicted molar refractivity (Wildman–Crippen MR) is 60.9 cm³/mol. The van der Waals surface area contributed by atoms with E-state index in [1.165, 1.54) is 0 Å². The van der Waals surface area contributed by atoms with Crippen LogP contribution in [-0.4, -0.2) is 27.0 Å². The van der Waals surface area contributed by atoms with Crippen LogP contribution in [0.5, 0.6) is 0 Å². The molecule has 86 valence electrons. The fourth-order valence-electron chi connectivity index (χ4n) is 1.33. The van der Waals surface area contributed by atoms with Crippen molar-refractivity contribution in [3.8, 4) is 0 Å². The van der Waals surface area contributed by atoms with Crippen LogP contribution in [0.1, 0.15) is 25.5 Å². The normalized spacial score (nSPS) is 15.3. The molecule has 1 aromatic rings. The lowest BCUT2D eigenvalue weighted by Gasteiger charge is -2.21. The van der Waals surface area contributed by atoms with E-state index in [0.29, 0.717) is 5.02 Å². The Balaban J connectivity index is 2.38. The monoisotopic (exact) mass is 231 g/mol. The van der Waals surface area contributed by atoms with Crippen LogP contribution in [0.3, 0.4) is 0 Å². The summed E-state index contributed by atoms with van der Waals surface area (Å²) in [6.07, 6.45) is 3.45. The molecular formula is C10H18ClN3O. The number of aromatic nitrogens is 2. The van der Waals surface area contributed by atoms with Crippen molar-refractivity contribution in [2.45, 2.75) is 38.8 Å². The van der Waals surface area contributed by atoms with Crippen LogP contribution in [0.4, 0.5) is 0 Å². The van der Waals surface area contributed by atoms with Crippen molar-refractivity contribution in [1.29, 1.82) is 0 Å². The highest BCUT2D eigenvalue weighted by atomic mass is 35.5. The molecule has 1 atom stereocenters. The van der Waals surface area contributed by atoms with Gasteiger partial charge in [0.15, 0.2) is 0 Å². The number of rotatable bonds is 5. The second-order valence-electron chi connectivity index (χ2n) is 4.24. The molecule has 0 saturated heterocycles. The van der Waals surface area contributed by atoms with Crippen molar-refractivity contribution in [2.75, 3.05) is 6.61 Å². The lowest BCUT2D eigenvalue weighted by molar-refractivity contribution is 0.196. The van der Waals surface area contributed by atoms with Crippen LogP contribution in [0.2, 0.25) is 5.02 Å². The van der Waals surface area contributed by atoms with Crippen LogP contribution in [0.25, 0.3) is 0 Å². The SMILES string of the molecule is Cc1nn(CCCC(C)(N)CO)cc1Cl. The smallest absolute Gasteiger partial charge is 0.0814 e.